The second-order valence-corrected chi connectivity index (χ2v) is 8.08. The Hall–Kier alpha value is -1.66. The molecule has 2 saturated heterocycles. The number of fused-ring (bicyclic) bond motifs is 1. The van der Waals surface area contributed by atoms with Gasteiger partial charge in [-0.1, -0.05) is 12.1 Å². The van der Waals surface area contributed by atoms with Gasteiger partial charge in [-0.25, -0.2) is 4.39 Å². The summed E-state index contributed by atoms with van der Waals surface area (Å²) < 4.78 is 20.0. The molecule has 0 aromatic heterocycles. The van der Waals surface area contributed by atoms with Crippen LogP contribution in [0.25, 0.3) is 0 Å². The zero-order chi connectivity index (χ0) is 18.8. The van der Waals surface area contributed by atoms with Gasteiger partial charge in [-0.3, -0.25) is 4.79 Å². The molecule has 148 valence electrons. The van der Waals surface area contributed by atoms with Crippen molar-refractivity contribution < 1.29 is 13.9 Å². The molecule has 3 N–H and O–H groups in total. The van der Waals surface area contributed by atoms with E-state index in [0.717, 1.165) is 18.7 Å². The molecule has 1 amide bonds. The summed E-state index contributed by atoms with van der Waals surface area (Å²) in [6.45, 7) is 3.10. The molecule has 0 radical (unpaired) electrons. The number of nitrogens with two attached hydrogens (primary N) is 1. The Morgan fingerprint density at radius 2 is 1.93 bits per heavy atom. The molecule has 5 atom stereocenters. The van der Waals surface area contributed by atoms with Crippen LogP contribution in [-0.2, 0) is 9.53 Å². The summed E-state index contributed by atoms with van der Waals surface area (Å²) in [5.41, 5.74) is 7.94. The minimum absolute atomic E-state index is 0.0384. The van der Waals surface area contributed by atoms with Gasteiger partial charge in [0.2, 0.25) is 5.91 Å². The van der Waals surface area contributed by atoms with Crippen molar-refractivity contribution in [2.75, 3.05) is 31.1 Å². The van der Waals surface area contributed by atoms with Crippen molar-refractivity contribution in [2.45, 2.75) is 50.4 Å². The molecule has 1 aromatic rings. The van der Waals surface area contributed by atoms with Crippen LogP contribution in [0, 0.1) is 11.8 Å². The number of nitrogens with one attached hydrogen (secondary N) is 1. The number of anilines is 1. The number of halogens is 1. The number of piperidine rings is 1. The fraction of sp³-hybridized carbons (Fsp3) is 0.667. The van der Waals surface area contributed by atoms with Crippen molar-refractivity contribution in [1.29, 1.82) is 0 Å². The predicted octanol–water partition coefficient (Wildman–Crippen LogP) is 2.56. The van der Waals surface area contributed by atoms with Crippen molar-refractivity contribution in [3.8, 4) is 0 Å². The van der Waals surface area contributed by atoms with E-state index in [1.807, 2.05) is 0 Å². The number of ether oxygens (including phenoxy) is 1. The molecule has 0 bridgehead atoms. The van der Waals surface area contributed by atoms with Gasteiger partial charge in [0.25, 0.3) is 0 Å². The Kier molecular flexibility index (Phi) is 5.64. The third kappa shape index (κ3) is 3.83. The first-order valence-corrected chi connectivity index (χ1v) is 10.3. The van der Waals surface area contributed by atoms with Crippen molar-refractivity contribution in [2.24, 2.45) is 17.6 Å². The van der Waals surface area contributed by atoms with Crippen molar-refractivity contribution in [3.05, 3.63) is 29.8 Å². The second kappa shape index (κ2) is 8.15. The second-order valence-electron chi connectivity index (χ2n) is 8.08. The largest absolute Gasteiger partial charge is 0.374 e. The topological polar surface area (TPSA) is 67.6 Å². The van der Waals surface area contributed by atoms with Gasteiger partial charge in [-0.15, -0.1) is 0 Å². The lowest BCUT2D eigenvalue weighted by Crippen LogP contribution is -2.55. The molecular weight excluding hydrogens is 345 g/mol. The summed E-state index contributed by atoms with van der Waals surface area (Å²) in [6, 6.07) is 8.26. The van der Waals surface area contributed by atoms with Gasteiger partial charge in [-0.05, 0) is 55.7 Å². The van der Waals surface area contributed by atoms with Gasteiger partial charge in [0.05, 0.1) is 18.8 Å². The maximum Gasteiger partial charge on any atom is 0.224 e. The number of hydrogen-bond donors (Lipinski definition) is 2. The molecular formula is C21H30FN3O2. The van der Waals surface area contributed by atoms with E-state index in [4.69, 9.17) is 10.5 Å². The Morgan fingerprint density at radius 1 is 1.19 bits per heavy atom. The van der Waals surface area contributed by atoms with Gasteiger partial charge in [0.15, 0.2) is 0 Å². The minimum Gasteiger partial charge on any atom is -0.374 e. The maximum atomic E-state index is 13.9. The molecule has 4 rings (SSSR count). The van der Waals surface area contributed by atoms with E-state index in [1.54, 1.807) is 0 Å². The number of carbonyl (C=O) groups excluding carboxylic acids is 1. The summed E-state index contributed by atoms with van der Waals surface area (Å²) in [6.07, 6.45) is 2.96. The highest BCUT2D eigenvalue weighted by Gasteiger charge is 2.47. The zero-order valence-electron chi connectivity index (χ0n) is 15.8. The van der Waals surface area contributed by atoms with Crippen molar-refractivity contribution in [1.82, 2.24) is 5.32 Å². The van der Waals surface area contributed by atoms with Gasteiger partial charge < -0.3 is 20.7 Å². The lowest BCUT2D eigenvalue weighted by molar-refractivity contribution is -0.144. The monoisotopic (exact) mass is 375 g/mol. The smallest absolute Gasteiger partial charge is 0.224 e. The highest BCUT2D eigenvalue weighted by atomic mass is 19.1. The molecule has 5 unspecified atom stereocenters. The predicted molar refractivity (Wildman–Crippen MR) is 103 cm³/mol. The Morgan fingerprint density at radius 3 is 2.63 bits per heavy atom. The number of alkyl halides is 1. The average molecular weight is 375 g/mol. The highest BCUT2D eigenvalue weighted by Crippen LogP contribution is 2.43. The molecule has 2 heterocycles. The summed E-state index contributed by atoms with van der Waals surface area (Å²) in [7, 11) is 0. The van der Waals surface area contributed by atoms with Crippen LogP contribution in [0.2, 0.25) is 0 Å². The van der Waals surface area contributed by atoms with Gasteiger partial charge in [-0.2, -0.15) is 0 Å². The molecule has 1 aromatic carbocycles. The molecule has 1 saturated carbocycles. The Balaban J connectivity index is 1.56. The fourth-order valence-corrected chi connectivity index (χ4v) is 4.99. The van der Waals surface area contributed by atoms with E-state index < -0.39 is 6.17 Å². The van der Waals surface area contributed by atoms with Crippen LogP contribution in [0.15, 0.2) is 24.3 Å². The highest BCUT2D eigenvalue weighted by molar-refractivity contribution is 5.81. The van der Waals surface area contributed by atoms with Crippen LogP contribution in [0.1, 0.15) is 43.7 Å². The zero-order valence-corrected chi connectivity index (χ0v) is 15.8. The van der Waals surface area contributed by atoms with Gasteiger partial charge in [0, 0.05) is 31.2 Å². The molecule has 3 fully saturated rings. The lowest BCUT2D eigenvalue weighted by atomic mass is 9.70. The fourth-order valence-electron chi connectivity index (χ4n) is 4.99. The summed E-state index contributed by atoms with van der Waals surface area (Å²) in [5.74, 6) is -0.277. The number of hydrogen-bond acceptors (Lipinski definition) is 4. The van der Waals surface area contributed by atoms with Crippen molar-refractivity contribution in [3.63, 3.8) is 0 Å². The lowest BCUT2D eigenvalue weighted by Gasteiger charge is -2.45. The number of nitrogens with zero attached hydrogens (tertiary/aromatic N) is 1. The van der Waals surface area contributed by atoms with Gasteiger partial charge >= 0.3 is 0 Å². The van der Waals surface area contributed by atoms with E-state index in [0.29, 0.717) is 32.4 Å². The van der Waals surface area contributed by atoms with Crippen LogP contribution >= 0.6 is 0 Å². The first-order valence-electron chi connectivity index (χ1n) is 10.3. The van der Waals surface area contributed by atoms with E-state index in [9.17, 15) is 9.18 Å². The molecule has 27 heavy (non-hydrogen) atoms. The molecule has 5 nitrogen and oxygen atoms in total. The first-order chi connectivity index (χ1) is 13.2. The number of carbonyl (C=O) groups is 1. The van der Waals surface area contributed by atoms with Crippen LogP contribution in [0.4, 0.5) is 10.1 Å². The van der Waals surface area contributed by atoms with E-state index in [1.165, 1.54) is 18.5 Å². The number of rotatable bonds is 5. The average Bonchev–Trinajstić information content (AvgIpc) is 3.22. The Labute approximate surface area is 160 Å². The summed E-state index contributed by atoms with van der Waals surface area (Å²) in [5, 5.41) is 3.12. The first kappa shape index (κ1) is 18.7. The van der Waals surface area contributed by atoms with Crippen LogP contribution in [0.5, 0.6) is 0 Å². The maximum absolute atomic E-state index is 13.9. The minimum atomic E-state index is -0.886. The number of benzene rings is 1. The standard InChI is InChI=1S/C21H30FN3O2/c22-15-5-8-17-18(13-15)21(26)24-19(20(17)27-12-9-23)14-3-6-16(7-4-14)25-10-1-2-11-25/h3-4,6-7,15,17-20H,1-2,5,8-13,23H2,(H,24,26). The third-order valence-electron chi connectivity index (χ3n) is 6.38. The summed E-state index contributed by atoms with van der Waals surface area (Å²) >= 11 is 0. The van der Waals surface area contributed by atoms with Crippen LogP contribution < -0.4 is 16.0 Å². The number of amides is 1. The van der Waals surface area contributed by atoms with Crippen LogP contribution in [-0.4, -0.2) is 44.4 Å². The van der Waals surface area contributed by atoms with Crippen LogP contribution in [0.3, 0.4) is 0 Å². The van der Waals surface area contributed by atoms with E-state index in [2.05, 4.69) is 34.5 Å². The molecule has 3 aliphatic rings. The third-order valence-corrected chi connectivity index (χ3v) is 6.38. The van der Waals surface area contributed by atoms with Gasteiger partial charge in [0.1, 0.15) is 6.17 Å². The molecule has 1 aliphatic carbocycles. The quantitative estimate of drug-likeness (QED) is 0.830. The Bertz CT molecular complexity index is 647. The summed E-state index contributed by atoms with van der Waals surface area (Å²) in [4.78, 5) is 15.1. The van der Waals surface area contributed by atoms with E-state index >= 15 is 0 Å². The normalized spacial score (nSPS) is 33.6. The molecule has 2 aliphatic heterocycles. The molecule has 6 heteroatoms. The van der Waals surface area contributed by atoms with Crippen molar-refractivity contribution >= 4 is 11.6 Å². The van der Waals surface area contributed by atoms with E-state index in [-0.39, 0.29) is 29.9 Å². The molecule has 0 spiro atoms. The SMILES string of the molecule is NCCOC1C(c2ccc(N3CCCC3)cc2)NC(=O)C2CC(F)CCC21.